The van der Waals surface area contributed by atoms with Gasteiger partial charge in [0.05, 0.1) is 5.69 Å². The Morgan fingerprint density at radius 2 is 1.95 bits per heavy atom. The summed E-state index contributed by atoms with van der Waals surface area (Å²) in [4.78, 5) is 15.2. The maximum Gasteiger partial charge on any atom is 0.136 e. The Morgan fingerprint density at radius 1 is 1.30 bits per heavy atom. The highest BCUT2D eigenvalue weighted by Gasteiger charge is 2.14. The lowest BCUT2D eigenvalue weighted by molar-refractivity contribution is -0.110. The van der Waals surface area contributed by atoms with Gasteiger partial charge in [0.1, 0.15) is 11.9 Å². The molecule has 110 valence electrons. The van der Waals surface area contributed by atoms with Gasteiger partial charge in [0.2, 0.25) is 0 Å². The SMILES string of the molecule is CC(C=O)Cc1cn2cc(C(C)(C)C)ccc2n1.CN. The number of aromatic nitrogens is 2. The zero-order valence-electron chi connectivity index (χ0n) is 13.1. The second-order valence-electron chi connectivity index (χ2n) is 5.98. The Labute approximate surface area is 121 Å². The number of aldehydes is 1. The highest BCUT2D eigenvalue weighted by Crippen LogP contribution is 2.22. The Balaban J connectivity index is 0.000000956. The van der Waals surface area contributed by atoms with Crippen LogP contribution in [0.15, 0.2) is 24.5 Å². The van der Waals surface area contributed by atoms with Crippen LogP contribution in [0.3, 0.4) is 0 Å². The molecule has 4 nitrogen and oxygen atoms in total. The molecule has 0 aliphatic carbocycles. The van der Waals surface area contributed by atoms with Gasteiger partial charge in [-0.2, -0.15) is 0 Å². The molecule has 0 amide bonds. The van der Waals surface area contributed by atoms with Crippen LogP contribution in [0.1, 0.15) is 39.0 Å². The van der Waals surface area contributed by atoms with Crippen LogP contribution < -0.4 is 5.73 Å². The van der Waals surface area contributed by atoms with E-state index in [1.54, 1.807) is 0 Å². The van der Waals surface area contributed by atoms with Crippen LogP contribution in [0.2, 0.25) is 0 Å². The summed E-state index contributed by atoms with van der Waals surface area (Å²) in [6, 6.07) is 4.16. The first-order valence-electron chi connectivity index (χ1n) is 6.91. The molecular formula is C16H25N3O. The van der Waals surface area contributed by atoms with E-state index >= 15 is 0 Å². The van der Waals surface area contributed by atoms with Crippen LogP contribution in [0, 0.1) is 5.92 Å². The topological polar surface area (TPSA) is 60.4 Å². The third-order valence-corrected chi connectivity index (χ3v) is 3.13. The van der Waals surface area contributed by atoms with Crippen molar-refractivity contribution in [3.8, 4) is 0 Å². The van der Waals surface area contributed by atoms with Crippen molar-refractivity contribution >= 4 is 11.9 Å². The summed E-state index contributed by atoms with van der Waals surface area (Å²) in [5.74, 6) is 0.0250. The number of nitrogens with two attached hydrogens (primary N) is 1. The maximum atomic E-state index is 10.7. The van der Waals surface area contributed by atoms with Gasteiger partial charge in [-0.3, -0.25) is 0 Å². The molecule has 4 heteroatoms. The Morgan fingerprint density at radius 3 is 2.50 bits per heavy atom. The smallest absolute Gasteiger partial charge is 0.136 e. The molecule has 0 fully saturated rings. The fraction of sp³-hybridized carbons (Fsp3) is 0.500. The van der Waals surface area contributed by atoms with E-state index < -0.39 is 0 Å². The summed E-state index contributed by atoms with van der Waals surface area (Å²) < 4.78 is 2.05. The van der Waals surface area contributed by atoms with Crippen molar-refractivity contribution in [2.45, 2.75) is 39.5 Å². The van der Waals surface area contributed by atoms with E-state index in [1.165, 1.54) is 12.6 Å². The van der Waals surface area contributed by atoms with Crippen LogP contribution in [0.25, 0.3) is 5.65 Å². The van der Waals surface area contributed by atoms with Gasteiger partial charge >= 0.3 is 0 Å². The van der Waals surface area contributed by atoms with E-state index in [-0.39, 0.29) is 11.3 Å². The molecule has 1 atom stereocenters. The largest absolute Gasteiger partial charge is 0.333 e. The van der Waals surface area contributed by atoms with Crippen LogP contribution in [0.5, 0.6) is 0 Å². The van der Waals surface area contributed by atoms with E-state index in [0.29, 0.717) is 6.42 Å². The molecule has 2 aromatic rings. The first kappa shape index (κ1) is 16.4. The summed E-state index contributed by atoms with van der Waals surface area (Å²) in [6.45, 7) is 8.50. The van der Waals surface area contributed by atoms with Crippen LogP contribution in [0.4, 0.5) is 0 Å². The van der Waals surface area contributed by atoms with Crippen molar-refractivity contribution in [2.75, 3.05) is 7.05 Å². The maximum absolute atomic E-state index is 10.7. The molecule has 0 aliphatic heterocycles. The van der Waals surface area contributed by atoms with Crippen molar-refractivity contribution in [3.63, 3.8) is 0 Å². The lowest BCUT2D eigenvalue weighted by atomic mass is 9.88. The van der Waals surface area contributed by atoms with Gasteiger partial charge < -0.3 is 14.9 Å². The number of pyridine rings is 1. The number of fused-ring (bicyclic) bond motifs is 1. The van der Waals surface area contributed by atoms with Gasteiger partial charge in [-0.1, -0.05) is 33.8 Å². The third-order valence-electron chi connectivity index (χ3n) is 3.13. The highest BCUT2D eigenvalue weighted by atomic mass is 16.1. The molecule has 0 aromatic carbocycles. The van der Waals surface area contributed by atoms with Gasteiger partial charge in [0.25, 0.3) is 0 Å². The average Bonchev–Trinajstić information content (AvgIpc) is 2.80. The van der Waals surface area contributed by atoms with Crippen molar-refractivity contribution in [1.29, 1.82) is 0 Å². The monoisotopic (exact) mass is 275 g/mol. The zero-order valence-corrected chi connectivity index (χ0v) is 13.1. The van der Waals surface area contributed by atoms with Gasteiger partial charge in [-0.15, -0.1) is 0 Å². The second-order valence-corrected chi connectivity index (χ2v) is 5.98. The van der Waals surface area contributed by atoms with Crippen molar-refractivity contribution in [2.24, 2.45) is 11.7 Å². The first-order chi connectivity index (χ1) is 9.40. The minimum Gasteiger partial charge on any atom is -0.333 e. The van der Waals surface area contributed by atoms with Gasteiger partial charge in [-0.05, 0) is 24.1 Å². The summed E-state index contributed by atoms with van der Waals surface area (Å²) in [5, 5.41) is 0. The predicted molar refractivity (Wildman–Crippen MR) is 82.9 cm³/mol. The number of nitrogens with zero attached hydrogens (tertiary/aromatic N) is 2. The standard InChI is InChI=1S/C15H20N2O.CH5N/c1-11(10-18)7-13-9-17-8-12(15(2,3)4)5-6-14(17)16-13;1-2/h5-6,8-11H,7H2,1-4H3;2H2,1H3. The zero-order chi connectivity index (χ0) is 15.3. The molecule has 0 radical (unpaired) electrons. The number of hydrogen-bond acceptors (Lipinski definition) is 3. The molecule has 2 rings (SSSR count). The molecular weight excluding hydrogens is 250 g/mol. The van der Waals surface area contributed by atoms with E-state index in [0.717, 1.165) is 17.6 Å². The molecule has 0 aliphatic rings. The summed E-state index contributed by atoms with van der Waals surface area (Å²) in [6.07, 6.45) is 5.82. The molecule has 0 bridgehead atoms. The molecule has 1 unspecified atom stereocenters. The number of rotatable bonds is 3. The molecule has 2 N–H and O–H groups in total. The van der Waals surface area contributed by atoms with Gasteiger partial charge in [-0.25, -0.2) is 4.98 Å². The molecule has 2 aromatic heterocycles. The number of hydrogen-bond donors (Lipinski definition) is 1. The fourth-order valence-electron chi connectivity index (χ4n) is 1.96. The first-order valence-corrected chi connectivity index (χ1v) is 6.91. The van der Waals surface area contributed by atoms with E-state index in [2.05, 4.69) is 43.8 Å². The lowest BCUT2D eigenvalue weighted by Gasteiger charge is -2.18. The molecule has 0 saturated heterocycles. The Hall–Kier alpha value is -1.68. The van der Waals surface area contributed by atoms with Crippen LogP contribution in [-0.2, 0) is 16.6 Å². The minimum atomic E-state index is 0.0250. The van der Waals surface area contributed by atoms with Crippen molar-refractivity contribution in [1.82, 2.24) is 9.38 Å². The summed E-state index contributed by atoms with van der Waals surface area (Å²) >= 11 is 0. The number of carbonyl (C=O) groups is 1. The minimum absolute atomic E-state index is 0.0250. The third kappa shape index (κ3) is 3.90. The average molecular weight is 275 g/mol. The summed E-state index contributed by atoms with van der Waals surface area (Å²) in [7, 11) is 1.50. The molecule has 2 heterocycles. The number of carbonyl (C=O) groups excluding carboxylic acids is 1. The Kier molecular flexibility index (Phi) is 5.45. The van der Waals surface area contributed by atoms with Gasteiger partial charge in [0, 0.05) is 24.7 Å². The van der Waals surface area contributed by atoms with Crippen LogP contribution in [-0.4, -0.2) is 22.7 Å². The van der Waals surface area contributed by atoms with E-state index in [1.807, 2.05) is 23.6 Å². The van der Waals surface area contributed by atoms with Crippen LogP contribution >= 0.6 is 0 Å². The second kappa shape index (κ2) is 6.66. The summed E-state index contributed by atoms with van der Waals surface area (Å²) in [5.41, 5.74) is 7.83. The quantitative estimate of drug-likeness (QED) is 0.876. The predicted octanol–water partition coefficient (Wildman–Crippen LogP) is 2.58. The fourth-order valence-corrected chi connectivity index (χ4v) is 1.96. The van der Waals surface area contributed by atoms with Crippen molar-refractivity contribution in [3.05, 3.63) is 35.8 Å². The lowest BCUT2D eigenvalue weighted by Crippen LogP contribution is -2.11. The van der Waals surface area contributed by atoms with Crippen molar-refractivity contribution < 1.29 is 4.79 Å². The molecule has 0 saturated carbocycles. The number of imidazole rings is 1. The van der Waals surface area contributed by atoms with E-state index in [9.17, 15) is 4.79 Å². The Bertz CT molecular complexity index is 567. The van der Waals surface area contributed by atoms with E-state index in [4.69, 9.17) is 0 Å². The van der Waals surface area contributed by atoms with Gasteiger partial charge in [0.15, 0.2) is 0 Å². The highest BCUT2D eigenvalue weighted by molar-refractivity contribution is 5.53. The molecule has 0 spiro atoms. The normalized spacial score (nSPS) is 12.7. The molecule has 20 heavy (non-hydrogen) atoms.